The quantitative estimate of drug-likeness (QED) is 0.484. The van der Waals surface area contributed by atoms with Crippen molar-refractivity contribution in [3.63, 3.8) is 0 Å². The number of nitriles is 1. The van der Waals surface area contributed by atoms with Gasteiger partial charge in [-0.3, -0.25) is 4.98 Å². The third kappa shape index (κ3) is 8.18. The Balaban J connectivity index is 0.000000412. The summed E-state index contributed by atoms with van der Waals surface area (Å²) in [4.78, 5) is 4.15. The fraction of sp³-hybridized carbons (Fsp3) is 0.500. The number of aromatic nitrogens is 1. The Morgan fingerprint density at radius 2 is 1.82 bits per heavy atom. The number of aryl methyl sites for hydroxylation is 2. The van der Waals surface area contributed by atoms with E-state index in [1.165, 1.54) is 19.0 Å². The van der Waals surface area contributed by atoms with Gasteiger partial charge in [0.25, 0.3) is 0 Å². The molecule has 3 N–H and O–H groups in total. The van der Waals surface area contributed by atoms with E-state index in [9.17, 15) is 10.4 Å². The van der Waals surface area contributed by atoms with Crippen LogP contribution in [0.2, 0.25) is 5.02 Å². The largest absolute Gasteiger partial charge is 0.396 e. The first kappa shape index (κ1) is 28.7. The molecule has 0 aliphatic heterocycles. The fourth-order valence-corrected chi connectivity index (χ4v) is 4.06. The van der Waals surface area contributed by atoms with Gasteiger partial charge in [-0.15, -0.1) is 0 Å². The van der Waals surface area contributed by atoms with Crippen LogP contribution in [-0.2, 0) is 0 Å². The first-order valence-corrected chi connectivity index (χ1v) is 12.3. The zero-order valence-corrected chi connectivity index (χ0v) is 22.1. The van der Waals surface area contributed by atoms with E-state index in [0.717, 1.165) is 53.0 Å². The van der Waals surface area contributed by atoms with Crippen LogP contribution in [0.5, 0.6) is 0 Å². The van der Waals surface area contributed by atoms with Crippen LogP contribution in [0.3, 0.4) is 0 Å². The van der Waals surface area contributed by atoms with Crippen LogP contribution < -0.4 is 5.73 Å². The van der Waals surface area contributed by atoms with Crippen molar-refractivity contribution in [2.45, 2.75) is 86.2 Å². The molecule has 2 aromatic rings. The summed E-state index contributed by atoms with van der Waals surface area (Å²) in [7, 11) is 0. The van der Waals surface area contributed by atoms with Gasteiger partial charge >= 0.3 is 0 Å². The molecule has 1 aromatic heterocycles. The molecule has 3 rings (SSSR count). The van der Waals surface area contributed by atoms with Gasteiger partial charge in [-0.05, 0) is 87.1 Å². The molecule has 1 fully saturated rings. The van der Waals surface area contributed by atoms with Gasteiger partial charge in [-0.25, -0.2) is 0 Å². The summed E-state index contributed by atoms with van der Waals surface area (Å²) in [5, 5.41) is 19.3. The maximum absolute atomic E-state index is 9.49. The first-order valence-electron chi connectivity index (χ1n) is 11.9. The molecular formula is C28H40ClN3O. The Kier molecular flexibility index (Phi) is 11.6. The lowest BCUT2D eigenvalue weighted by atomic mass is 9.81. The van der Waals surface area contributed by atoms with Gasteiger partial charge in [-0.2, -0.15) is 5.26 Å². The van der Waals surface area contributed by atoms with Crippen LogP contribution in [0.1, 0.15) is 94.5 Å². The van der Waals surface area contributed by atoms with Gasteiger partial charge in [0.05, 0.1) is 34.1 Å². The van der Waals surface area contributed by atoms with Crippen LogP contribution in [-0.4, -0.2) is 15.7 Å². The molecule has 1 saturated carbocycles. The van der Waals surface area contributed by atoms with Crippen LogP contribution in [0.25, 0.3) is 5.57 Å². The van der Waals surface area contributed by atoms with Crippen molar-refractivity contribution in [3.8, 4) is 6.07 Å². The summed E-state index contributed by atoms with van der Waals surface area (Å²) in [5.41, 5.74) is 11.4. The second kappa shape index (κ2) is 13.4. The summed E-state index contributed by atoms with van der Waals surface area (Å²) in [5.74, 6) is 0.838. The molecule has 0 bridgehead atoms. The average Bonchev–Trinajstić information content (AvgIpc) is 2.79. The van der Waals surface area contributed by atoms with Gasteiger partial charge < -0.3 is 10.8 Å². The lowest BCUT2D eigenvalue weighted by Crippen LogP contribution is -2.29. The zero-order valence-electron chi connectivity index (χ0n) is 21.3. The molecule has 0 radical (unpaired) electrons. The maximum Gasteiger partial charge on any atom is 0.0994 e. The predicted molar refractivity (Wildman–Crippen MR) is 141 cm³/mol. The SMILES string of the molecule is CC.CC/C=C(\c1cc(C#N)c(C)cc1C)c1cncc(N)c1Cl.CC1CCC(C)(O)CC1. The van der Waals surface area contributed by atoms with Crippen molar-refractivity contribution >= 4 is 22.9 Å². The molecule has 0 atom stereocenters. The molecule has 0 spiro atoms. The number of allylic oxidation sites excluding steroid dienone is 1. The highest BCUT2D eigenvalue weighted by Crippen LogP contribution is 2.35. The molecule has 0 amide bonds. The van der Waals surface area contributed by atoms with Crippen molar-refractivity contribution in [3.05, 3.63) is 63.4 Å². The number of hydrogen-bond acceptors (Lipinski definition) is 4. The highest BCUT2D eigenvalue weighted by molar-refractivity contribution is 6.35. The molecule has 1 aliphatic rings. The third-order valence-corrected chi connectivity index (χ3v) is 6.36. The molecule has 0 unspecified atom stereocenters. The molecule has 180 valence electrons. The van der Waals surface area contributed by atoms with Crippen LogP contribution in [0, 0.1) is 31.1 Å². The predicted octanol–water partition coefficient (Wildman–Crippen LogP) is 7.62. The number of rotatable bonds is 3. The summed E-state index contributed by atoms with van der Waals surface area (Å²) in [6.45, 7) is 14.2. The number of anilines is 1. The van der Waals surface area contributed by atoms with E-state index in [0.29, 0.717) is 16.3 Å². The van der Waals surface area contributed by atoms with Crippen LogP contribution in [0.4, 0.5) is 5.69 Å². The van der Waals surface area contributed by atoms with Gasteiger partial charge in [-0.1, -0.05) is 51.4 Å². The van der Waals surface area contributed by atoms with Gasteiger partial charge in [0.1, 0.15) is 0 Å². The Hall–Kier alpha value is -2.35. The number of benzene rings is 1. The Morgan fingerprint density at radius 3 is 2.33 bits per heavy atom. The van der Waals surface area contributed by atoms with Gasteiger partial charge in [0, 0.05) is 11.8 Å². The smallest absolute Gasteiger partial charge is 0.0994 e. The Morgan fingerprint density at radius 1 is 1.21 bits per heavy atom. The lowest BCUT2D eigenvalue weighted by Gasteiger charge is -2.31. The number of hydrogen-bond donors (Lipinski definition) is 2. The second-order valence-electron chi connectivity index (χ2n) is 8.89. The normalized spacial score (nSPS) is 20.0. The van der Waals surface area contributed by atoms with E-state index >= 15 is 0 Å². The fourth-order valence-electron chi connectivity index (χ4n) is 3.86. The van der Waals surface area contributed by atoms with E-state index in [-0.39, 0.29) is 5.60 Å². The minimum atomic E-state index is -0.341. The minimum Gasteiger partial charge on any atom is -0.396 e. The Labute approximate surface area is 205 Å². The highest BCUT2D eigenvalue weighted by atomic mass is 35.5. The number of nitrogen functional groups attached to an aromatic ring is 1. The average molecular weight is 470 g/mol. The van der Waals surface area contributed by atoms with E-state index in [2.05, 4.69) is 31.0 Å². The zero-order chi connectivity index (χ0) is 25.2. The molecular weight excluding hydrogens is 430 g/mol. The number of nitrogens with two attached hydrogens (primary N) is 1. The summed E-state index contributed by atoms with van der Waals surface area (Å²) in [6.07, 6.45) is 10.6. The van der Waals surface area contributed by atoms with E-state index in [4.69, 9.17) is 17.3 Å². The van der Waals surface area contributed by atoms with E-state index < -0.39 is 0 Å². The lowest BCUT2D eigenvalue weighted by molar-refractivity contribution is 0.0104. The van der Waals surface area contributed by atoms with Crippen molar-refractivity contribution in [1.29, 1.82) is 5.26 Å². The van der Waals surface area contributed by atoms with E-state index in [1.54, 1.807) is 6.20 Å². The molecule has 5 heteroatoms. The van der Waals surface area contributed by atoms with Gasteiger partial charge in [0.15, 0.2) is 0 Å². The molecule has 0 saturated heterocycles. The second-order valence-corrected chi connectivity index (χ2v) is 9.27. The minimum absolute atomic E-state index is 0.341. The molecule has 1 heterocycles. The third-order valence-electron chi connectivity index (χ3n) is 5.94. The highest BCUT2D eigenvalue weighted by Gasteiger charge is 2.26. The Bertz CT molecular complexity index is 979. The number of aliphatic hydroxyl groups is 1. The van der Waals surface area contributed by atoms with Gasteiger partial charge in [0.2, 0.25) is 0 Å². The summed E-state index contributed by atoms with van der Waals surface area (Å²) < 4.78 is 0. The molecule has 1 aliphatic carbocycles. The molecule has 1 aromatic carbocycles. The van der Waals surface area contributed by atoms with Crippen LogP contribution in [0.15, 0.2) is 30.6 Å². The number of pyridine rings is 1. The van der Waals surface area contributed by atoms with Crippen LogP contribution >= 0.6 is 11.6 Å². The van der Waals surface area contributed by atoms with Crippen molar-refractivity contribution < 1.29 is 5.11 Å². The topological polar surface area (TPSA) is 82.9 Å². The molecule has 33 heavy (non-hydrogen) atoms. The van der Waals surface area contributed by atoms with E-state index in [1.807, 2.05) is 46.8 Å². The van der Waals surface area contributed by atoms with Crippen molar-refractivity contribution in [2.24, 2.45) is 5.92 Å². The number of nitrogens with zero attached hydrogens (tertiary/aromatic N) is 2. The number of halogens is 1. The standard InChI is InChI=1S/C18H18ClN3.C8H16O.C2H6/c1-4-5-14(16-9-22-10-17(21)18(16)19)15-7-13(8-20)11(2)6-12(15)3;1-7-3-5-8(2,9)6-4-7;1-2/h5-7,9-10H,4,21H2,1-3H3;7,9H,3-6H2,1-2H3;1-2H3/b14-5+;;. The maximum atomic E-state index is 9.49. The molecule has 4 nitrogen and oxygen atoms in total. The summed E-state index contributed by atoms with van der Waals surface area (Å²) >= 11 is 6.36. The summed E-state index contributed by atoms with van der Waals surface area (Å²) in [6, 6.07) is 6.16. The van der Waals surface area contributed by atoms with Crippen molar-refractivity contribution in [2.75, 3.05) is 5.73 Å². The van der Waals surface area contributed by atoms with Crippen molar-refractivity contribution in [1.82, 2.24) is 4.98 Å². The monoisotopic (exact) mass is 469 g/mol. The first-order chi connectivity index (χ1) is 15.6.